The number of para-hydroxylation sites is 1. The molecule has 3 rings (SSSR count). The molecular weight excluding hydrogens is 284 g/mol. The Balaban J connectivity index is 1.79. The first kappa shape index (κ1) is 13.6. The van der Waals surface area contributed by atoms with Crippen LogP contribution in [-0.4, -0.2) is 11.5 Å². The Kier molecular flexibility index (Phi) is 3.52. The number of rotatable bonds is 4. The van der Waals surface area contributed by atoms with Crippen molar-refractivity contribution >= 4 is 38.0 Å². The van der Waals surface area contributed by atoms with E-state index in [0.717, 1.165) is 17.2 Å². The highest BCUT2D eigenvalue weighted by Gasteiger charge is 2.22. The molecule has 0 bridgehead atoms. The lowest BCUT2D eigenvalue weighted by Crippen LogP contribution is -2.26. The second-order valence-corrected chi connectivity index (χ2v) is 7.63. The molecule has 0 fully saturated rings. The van der Waals surface area contributed by atoms with Crippen molar-refractivity contribution in [1.29, 1.82) is 0 Å². The Labute approximate surface area is 127 Å². The summed E-state index contributed by atoms with van der Waals surface area (Å²) in [5.41, 5.74) is 2.49. The van der Waals surface area contributed by atoms with Crippen LogP contribution in [0.5, 0.6) is 0 Å². The first-order chi connectivity index (χ1) is 9.56. The molecule has 1 aromatic carbocycles. The van der Waals surface area contributed by atoms with Crippen LogP contribution in [0.15, 0.2) is 35.7 Å². The fourth-order valence-corrected chi connectivity index (χ4v) is 4.00. The molecule has 0 spiro atoms. The van der Waals surface area contributed by atoms with Crippen molar-refractivity contribution in [3.05, 3.63) is 46.2 Å². The van der Waals surface area contributed by atoms with Crippen molar-refractivity contribution in [1.82, 2.24) is 4.98 Å². The van der Waals surface area contributed by atoms with Crippen LogP contribution >= 0.6 is 22.7 Å². The molecule has 2 aromatic heterocycles. The lowest BCUT2D eigenvalue weighted by atomic mass is 9.91. The molecule has 2 heterocycles. The third-order valence-electron chi connectivity index (χ3n) is 3.49. The number of anilines is 1. The third kappa shape index (κ3) is 2.58. The summed E-state index contributed by atoms with van der Waals surface area (Å²) < 4.78 is 1.25. The zero-order valence-corrected chi connectivity index (χ0v) is 13.6. The molecule has 0 aliphatic rings. The minimum absolute atomic E-state index is 0.126. The molecule has 0 aliphatic carbocycles. The zero-order valence-electron chi connectivity index (χ0n) is 11.9. The van der Waals surface area contributed by atoms with Crippen molar-refractivity contribution in [2.45, 2.75) is 26.2 Å². The van der Waals surface area contributed by atoms with Gasteiger partial charge in [-0.25, -0.2) is 4.98 Å². The van der Waals surface area contributed by atoms with Crippen molar-refractivity contribution in [2.75, 3.05) is 11.9 Å². The van der Waals surface area contributed by atoms with Gasteiger partial charge in [0.05, 0.1) is 10.2 Å². The highest BCUT2D eigenvalue weighted by atomic mass is 32.1. The lowest BCUT2D eigenvalue weighted by molar-refractivity contribution is 0.569. The van der Waals surface area contributed by atoms with Gasteiger partial charge in [-0.3, -0.25) is 0 Å². The summed E-state index contributed by atoms with van der Waals surface area (Å²) in [4.78, 5) is 6.11. The van der Waals surface area contributed by atoms with E-state index in [1.807, 2.05) is 11.3 Å². The van der Waals surface area contributed by atoms with Crippen LogP contribution in [0, 0.1) is 6.92 Å². The van der Waals surface area contributed by atoms with Crippen LogP contribution < -0.4 is 5.32 Å². The monoisotopic (exact) mass is 302 g/mol. The number of benzene rings is 1. The Morgan fingerprint density at radius 2 is 2.05 bits per heavy atom. The SMILES string of the molecule is Cc1cccc2sc(NCC(C)(C)c3cccs3)nc12. The molecule has 0 atom stereocenters. The van der Waals surface area contributed by atoms with E-state index in [2.05, 4.69) is 61.8 Å². The van der Waals surface area contributed by atoms with Gasteiger partial charge in [-0.15, -0.1) is 11.3 Å². The van der Waals surface area contributed by atoms with Crippen molar-refractivity contribution in [3.8, 4) is 0 Å². The summed E-state index contributed by atoms with van der Waals surface area (Å²) in [6, 6.07) is 10.7. The Bertz CT molecular complexity index is 711. The highest BCUT2D eigenvalue weighted by Crippen LogP contribution is 2.31. The van der Waals surface area contributed by atoms with Gasteiger partial charge in [-0.05, 0) is 30.0 Å². The number of nitrogens with one attached hydrogen (secondary N) is 1. The number of fused-ring (bicyclic) bond motifs is 1. The molecule has 20 heavy (non-hydrogen) atoms. The van der Waals surface area contributed by atoms with Crippen LogP contribution in [-0.2, 0) is 5.41 Å². The second kappa shape index (κ2) is 5.19. The van der Waals surface area contributed by atoms with E-state index in [-0.39, 0.29) is 5.41 Å². The predicted molar refractivity (Wildman–Crippen MR) is 90.2 cm³/mol. The van der Waals surface area contributed by atoms with Gasteiger partial charge in [-0.2, -0.15) is 0 Å². The quantitative estimate of drug-likeness (QED) is 0.729. The van der Waals surface area contributed by atoms with E-state index < -0.39 is 0 Å². The summed E-state index contributed by atoms with van der Waals surface area (Å²) in [6.07, 6.45) is 0. The molecule has 0 amide bonds. The lowest BCUT2D eigenvalue weighted by Gasteiger charge is -2.23. The summed E-state index contributed by atoms with van der Waals surface area (Å²) in [6.45, 7) is 7.54. The van der Waals surface area contributed by atoms with Crippen molar-refractivity contribution < 1.29 is 0 Å². The highest BCUT2D eigenvalue weighted by molar-refractivity contribution is 7.22. The molecule has 1 N–H and O–H groups in total. The predicted octanol–water partition coefficient (Wildman–Crippen LogP) is 5.06. The molecule has 4 heteroatoms. The van der Waals surface area contributed by atoms with E-state index >= 15 is 0 Å². The largest absolute Gasteiger partial charge is 0.361 e. The van der Waals surface area contributed by atoms with E-state index in [4.69, 9.17) is 4.98 Å². The van der Waals surface area contributed by atoms with Crippen LogP contribution in [0.1, 0.15) is 24.3 Å². The standard InChI is InChI=1S/C16H18N2S2/c1-11-6-4-7-12-14(11)18-15(20-12)17-10-16(2,3)13-8-5-9-19-13/h4-9H,10H2,1-3H3,(H,17,18). The molecular formula is C16H18N2S2. The van der Waals surface area contributed by atoms with E-state index in [1.165, 1.54) is 15.1 Å². The van der Waals surface area contributed by atoms with Gasteiger partial charge in [0.25, 0.3) is 0 Å². The average Bonchev–Trinajstić information content (AvgIpc) is 3.06. The Morgan fingerprint density at radius 1 is 1.20 bits per heavy atom. The fourth-order valence-electron chi connectivity index (χ4n) is 2.21. The van der Waals surface area contributed by atoms with Crippen LogP contribution in [0.25, 0.3) is 10.2 Å². The number of hydrogen-bond donors (Lipinski definition) is 1. The van der Waals surface area contributed by atoms with Gasteiger partial charge < -0.3 is 5.32 Å². The normalized spacial score (nSPS) is 11.9. The van der Waals surface area contributed by atoms with Crippen LogP contribution in [0.2, 0.25) is 0 Å². The van der Waals surface area contributed by atoms with Gasteiger partial charge in [-0.1, -0.05) is 43.4 Å². The number of hydrogen-bond acceptors (Lipinski definition) is 4. The number of aryl methyl sites for hydroxylation is 1. The maximum absolute atomic E-state index is 4.71. The van der Waals surface area contributed by atoms with Crippen LogP contribution in [0.3, 0.4) is 0 Å². The Morgan fingerprint density at radius 3 is 2.75 bits per heavy atom. The maximum Gasteiger partial charge on any atom is 0.183 e. The van der Waals surface area contributed by atoms with Crippen molar-refractivity contribution in [3.63, 3.8) is 0 Å². The van der Waals surface area contributed by atoms with Crippen molar-refractivity contribution in [2.24, 2.45) is 0 Å². The van der Waals surface area contributed by atoms with Gasteiger partial charge >= 0.3 is 0 Å². The molecule has 0 radical (unpaired) electrons. The summed E-state index contributed by atoms with van der Waals surface area (Å²) >= 11 is 3.55. The molecule has 104 valence electrons. The van der Waals surface area contributed by atoms with E-state index in [9.17, 15) is 0 Å². The summed E-state index contributed by atoms with van der Waals surface area (Å²) in [7, 11) is 0. The first-order valence-corrected chi connectivity index (χ1v) is 8.40. The minimum atomic E-state index is 0.126. The van der Waals surface area contributed by atoms with Gasteiger partial charge in [0.1, 0.15) is 0 Å². The first-order valence-electron chi connectivity index (χ1n) is 6.70. The zero-order chi connectivity index (χ0) is 14.2. The minimum Gasteiger partial charge on any atom is -0.361 e. The Hall–Kier alpha value is -1.39. The number of thiophene rings is 1. The van der Waals surface area contributed by atoms with Gasteiger partial charge in [0.15, 0.2) is 5.13 Å². The maximum atomic E-state index is 4.71. The number of aromatic nitrogens is 1. The molecule has 0 unspecified atom stereocenters. The third-order valence-corrected chi connectivity index (χ3v) is 5.70. The molecule has 0 saturated heterocycles. The van der Waals surface area contributed by atoms with E-state index in [1.54, 1.807) is 11.3 Å². The molecule has 3 aromatic rings. The van der Waals surface area contributed by atoms with Crippen LogP contribution in [0.4, 0.5) is 5.13 Å². The summed E-state index contributed by atoms with van der Waals surface area (Å²) in [5, 5.41) is 6.65. The summed E-state index contributed by atoms with van der Waals surface area (Å²) in [5.74, 6) is 0. The smallest absolute Gasteiger partial charge is 0.183 e. The number of thiazole rings is 1. The molecule has 2 nitrogen and oxygen atoms in total. The van der Waals surface area contributed by atoms with Gasteiger partial charge in [0.2, 0.25) is 0 Å². The average molecular weight is 302 g/mol. The fraction of sp³-hybridized carbons (Fsp3) is 0.312. The van der Waals surface area contributed by atoms with Gasteiger partial charge in [0, 0.05) is 16.8 Å². The number of nitrogens with zero attached hydrogens (tertiary/aromatic N) is 1. The topological polar surface area (TPSA) is 24.9 Å². The second-order valence-electron chi connectivity index (χ2n) is 5.66. The van der Waals surface area contributed by atoms with E-state index in [0.29, 0.717) is 0 Å². The molecule has 0 aliphatic heterocycles. The molecule has 0 saturated carbocycles.